The van der Waals surface area contributed by atoms with Crippen LogP contribution in [0.5, 0.6) is 0 Å². The van der Waals surface area contributed by atoms with E-state index in [2.05, 4.69) is 48.8 Å². The van der Waals surface area contributed by atoms with Crippen LogP contribution in [0, 0.1) is 0 Å². The zero-order chi connectivity index (χ0) is 17.1. The predicted octanol–water partition coefficient (Wildman–Crippen LogP) is 1.83. The highest BCUT2D eigenvalue weighted by atomic mass is 15.3. The van der Waals surface area contributed by atoms with E-state index in [4.69, 9.17) is 0 Å². The van der Waals surface area contributed by atoms with Crippen LogP contribution in [0.4, 0.5) is 0 Å². The van der Waals surface area contributed by atoms with Gasteiger partial charge in [-0.25, -0.2) is 4.98 Å². The fraction of sp³-hybridized carbons (Fsp3) is 0.444. The first-order valence-electron chi connectivity index (χ1n) is 8.75. The zero-order valence-electron chi connectivity index (χ0n) is 14.5. The van der Waals surface area contributed by atoms with Crippen molar-refractivity contribution >= 4 is 0 Å². The minimum Gasteiger partial charge on any atom is -0.330 e. The van der Waals surface area contributed by atoms with Gasteiger partial charge in [-0.15, -0.1) is 10.2 Å². The van der Waals surface area contributed by atoms with Gasteiger partial charge in [-0.2, -0.15) is 0 Å². The summed E-state index contributed by atoms with van der Waals surface area (Å²) >= 11 is 0. The first kappa shape index (κ1) is 16.0. The van der Waals surface area contributed by atoms with Gasteiger partial charge in [0.2, 0.25) is 0 Å². The third-order valence-corrected chi connectivity index (χ3v) is 4.91. The molecule has 0 saturated carbocycles. The number of piperidine rings is 1. The predicted molar refractivity (Wildman–Crippen MR) is 93.8 cm³/mol. The fourth-order valence-corrected chi connectivity index (χ4v) is 3.57. The molecule has 3 aromatic heterocycles. The summed E-state index contributed by atoms with van der Waals surface area (Å²) in [6.07, 6.45) is 11.6. The van der Waals surface area contributed by atoms with Gasteiger partial charge in [-0.3, -0.25) is 9.88 Å². The summed E-state index contributed by atoms with van der Waals surface area (Å²) in [5.41, 5.74) is 1.31. The number of likely N-dealkylation sites (tertiary alicyclic amines) is 1. The van der Waals surface area contributed by atoms with E-state index in [-0.39, 0.29) is 0 Å². The molecule has 0 aromatic carbocycles. The minimum atomic E-state index is 0.435. The molecule has 7 heteroatoms. The van der Waals surface area contributed by atoms with Crippen molar-refractivity contribution in [2.75, 3.05) is 13.1 Å². The molecule has 1 aliphatic rings. The molecule has 1 saturated heterocycles. The van der Waals surface area contributed by atoms with Crippen LogP contribution in [0.25, 0.3) is 0 Å². The van der Waals surface area contributed by atoms with Crippen molar-refractivity contribution in [2.24, 2.45) is 7.05 Å². The van der Waals surface area contributed by atoms with Crippen LogP contribution in [0.1, 0.15) is 36.0 Å². The van der Waals surface area contributed by atoms with E-state index in [9.17, 15) is 0 Å². The zero-order valence-corrected chi connectivity index (χ0v) is 14.5. The number of aromatic nitrogens is 6. The van der Waals surface area contributed by atoms with Crippen LogP contribution in [0.3, 0.4) is 0 Å². The highest BCUT2D eigenvalue weighted by molar-refractivity contribution is 5.10. The summed E-state index contributed by atoms with van der Waals surface area (Å²) in [6, 6.07) is 4.18. The Hall–Kier alpha value is -2.54. The van der Waals surface area contributed by atoms with Crippen LogP contribution >= 0.6 is 0 Å². The Morgan fingerprint density at radius 1 is 1.08 bits per heavy atom. The molecule has 0 aliphatic carbocycles. The molecule has 130 valence electrons. The third-order valence-electron chi connectivity index (χ3n) is 4.91. The number of hydrogen-bond donors (Lipinski definition) is 0. The van der Waals surface area contributed by atoms with Gasteiger partial charge in [-0.1, -0.05) is 0 Å². The fourth-order valence-electron chi connectivity index (χ4n) is 3.57. The summed E-state index contributed by atoms with van der Waals surface area (Å²) in [5.74, 6) is 2.50. The number of imidazole rings is 1. The highest BCUT2D eigenvalue weighted by Gasteiger charge is 2.26. The number of rotatable bonds is 5. The number of hydrogen-bond acceptors (Lipinski definition) is 5. The maximum atomic E-state index is 4.50. The van der Waals surface area contributed by atoms with Gasteiger partial charge in [0.25, 0.3) is 0 Å². The second kappa shape index (κ2) is 7.14. The standard InChI is InChI=1S/C18H23N7/c1-23-17(13-25-10-8-20-14-25)21-22-18(23)16-3-2-9-24(12-16)11-15-4-6-19-7-5-15/h4-8,10,14,16H,2-3,9,11-13H2,1H3/t16-/m1/s1. The van der Waals surface area contributed by atoms with Gasteiger partial charge in [-0.05, 0) is 37.1 Å². The summed E-state index contributed by atoms with van der Waals surface area (Å²) < 4.78 is 4.17. The molecule has 4 heterocycles. The van der Waals surface area contributed by atoms with Gasteiger partial charge in [0.15, 0.2) is 5.82 Å². The molecular formula is C18H23N7. The van der Waals surface area contributed by atoms with E-state index < -0.39 is 0 Å². The summed E-state index contributed by atoms with van der Waals surface area (Å²) in [6.45, 7) is 3.84. The normalized spacial score (nSPS) is 18.5. The second-order valence-electron chi connectivity index (χ2n) is 6.70. The quantitative estimate of drug-likeness (QED) is 0.711. The minimum absolute atomic E-state index is 0.435. The Balaban J connectivity index is 1.45. The lowest BCUT2D eigenvalue weighted by molar-refractivity contribution is 0.195. The van der Waals surface area contributed by atoms with E-state index >= 15 is 0 Å². The van der Waals surface area contributed by atoms with E-state index in [0.717, 1.165) is 31.3 Å². The van der Waals surface area contributed by atoms with Crippen molar-refractivity contribution in [3.63, 3.8) is 0 Å². The molecule has 25 heavy (non-hydrogen) atoms. The first-order valence-corrected chi connectivity index (χ1v) is 8.75. The van der Waals surface area contributed by atoms with Gasteiger partial charge >= 0.3 is 0 Å². The summed E-state index contributed by atoms with van der Waals surface area (Å²) in [7, 11) is 2.07. The third kappa shape index (κ3) is 3.61. The van der Waals surface area contributed by atoms with E-state index in [0.29, 0.717) is 12.5 Å². The Labute approximate surface area is 147 Å². The lowest BCUT2D eigenvalue weighted by atomic mass is 9.96. The van der Waals surface area contributed by atoms with Gasteiger partial charge < -0.3 is 9.13 Å². The molecule has 1 aliphatic heterocycles. The molecule has 1 atom stereocenters. The molecule has 3 aromatic rings. The van der Waals surface area contributed by atoms with Crippen LogP contribution in [-0.2, 0) is 20.1 Å². The molecule has 7 nitrogen and oxygen atoms in total. The van der Waals surface area contributed by atoms with Crippen LogP contribution in [-0.4, -0.2) is 47.3 Å². The largest absolute Gasteiger partial charge is 0.330 e. The lowest BCUT2D eigenvalue weighted by Crippen LogP contribution is -2.34. The molecule has 0 bridgehead atoms. The van der Waals surface area contributed by atoms with Crippen molar-refractivity contribution in [2.45, 2.75) is 31.8 Å². The van der Waals surface area contributed by atoms with Crippen molar-refractivity contribution in [3.05, 3.63) is 60.5 Å². The molecular weight excluding hydrogens is 314 g/mol. The number of nitrogens with zero attached hydrogens (tertiary/aromatic N) is 7. The molecule has 0 N–H and O–H groups in total. The van der Waals surface area contributed by atoms with Crippen LogP contribution < -0.4 is 0 Å². The Morgan fingerprint density at radius 2 is 1.96 bits per heavy atom. The molecule has 1 fully saturated rings. The molecule has 4 rings (SSSR count). The SMILES string of the molecule is Cn1c(Cn2ccnc2)nnc1[C@@H]1CCCN(Cc2ccncc2)C1. The van der Waals surface area contributed by atoms with Gasteiger partial charge in [0.1, 0.15) is 5.82 Å². The molecule has 0 amide bonds. The average molecular weight is 337 g/mol. The molecule has 0 radical (unpaired) electrons. The van der Waals surface area contributed by atoms with Crippen molar-refractivity contribution in [3.8, 4) is 0 Å². The Kier molecular flexibility index (Phi) is 4.56. The van der Waals surface area contributed by atoms with E-state index in [1.54, 1.807) is 6.20 Å². The topological polar surface area (TPSA) is 64.7 Å². The maximum Gasteiger partial charge on any atom is 0.152 e. The smallest absolute Gasteiger partial charge is 0.152 e. The van der Waals surface area contributed by atoms with Crippen molar-refractivity contribution < 1.29 is 0 Å². The summed E-state index contributed by atoms with van der Waals surface area (Å²) in [4.78, 5) is 10.7. The second-order valence-corrected chi connectivity index (χ2v) is 6.70. The highest BCUT2D eigenvalue weighted by Crippen LogP contribution is 2.26. The van der Waals surface area contributed by atoms with E-state index in [1.807, 2.05) is 29.5 Å². The van der Waals surface area contributed by atoms with Crippen molar-refractivity contribution in [1.29, 1.82) is 0 Å². The first-order chi connectivity index (χ1) is 12.3. The lowest BCUT2D eigenvalue weighted by Gasteiger charge is -2.32. The summed E-state index contributed by atoms with van der Waals surface area (Å²) in [5, 5.41) is 8.92. The van der Waals surface area contributed by atoms with Crippen molar-refractivity contribution in [1.82, 2.24) is 34.2 Å². The van der Waals surface area contributed by atoms with Gasteiger partial charge in [0, 0.05) is 50.8 Å². The van der Waals surface area contributed by atoms with Gasteiger partial charge in [0.05, 0.1) is 12.9 Å². The van der Waals surface area contributed by atoms with E-state index in [1.165, 1.54) is 18.4 Å². The molecule has 0 spiro atoms. The Morgan fingerprint density at radius 3 is 2.76 bits per heavy atom. The average Bonchev–Trinajstić information content (AvgIpc) is 3.27. The van der Waals surface area contributed by atoms with Crippen LogP contribution in [0.2, 0.25) is 0 Å². The van der Waals surface area contributed by atoms with Crippen LogP contribution in [0.15, 0.2) is 43.2 Å². The Bertz CT molecular complexity index is 794. The monoisotopic (exact) mass is 337 g/mol. The molecule has 0 unspecified atom stereocenters. The maximum absolute atomic E-state index is 4.50. The number of pyridine rings is 1.